The van der Waals surface area contributed by atoms with Crippen molar-refractivity contribution >= 4 is 33.6 Å². The normalized spacial score (nSPS) is 12.3. The molecule has 2 aromatic rings. The Hall–Kier alpha value is -2.08. The lowest BCUT2D eigenvalue weighted by Gasteiger charge is -1.99. The van der Waals surface area contributed by atoms with Crippen molar-refractivity contribution in [1.82, 2.24) is 5.43 Å². The molecule has 1 aromatic carbocycles. The number of hydrogen-bond donors (Lipinski definition) is 3. The standard InChI is InChI=1S/C15H20N4OS/c1-2-3-4-7-17-15(16)19-18-9-11-10-21-14-6-5-12(20)8-13(11)14/h5-6,8-10,20H,2-4,7H2,1H3,(H3,16,17,19)/b18-9+. The van der Waals surface area contributed by atoms with Gasteiger partial charge in [0.25, 0.3) is 0 Å². The van der Waals surface area contributed by atoms with Crippen molar-refractivity contribution in [3.05, 3.63) is 29.1 Å². The highest BCUT2D eigenvalue weighted by molar-refractivity contribution is 7.17. The molecule has 0 unspecified atom stereocenters. The summed E-state index contributed by atoms with van der Waals surface area (Å²) in [5.74, 6) is 0.574. The van der Waals surface area contributed by atoms with E-state index in [4.69, 9.17) is 5.73 Å². The fourth-order valence-electron chi connectivity index (χ4n) is 1.90. The molecule has 0 aliphatic heterocycles. The number of phenols is 1. The second-order valence-corrected chi connectivity index (χ2v) is 5.63. The topological polar surface area (TPSA) is 83.0 Å². The summed E-state index contributed by atoms with van der Waals surface area (Å²) in [5, 5.41) is 16.6. The van der Waals surface area contributed by atoms with Gasteiger partial charge in [-0.25, -0.2) is 5.43 Å². The van der Waals surface area contributed by atoms with Crippen molar-refractivity contribution in [3.63, 3.8) is 0 Å². The zero-order valence-corrected chi connectivity index (χ0v) is 12.9. The second kappa shape index (κ2) is 7.64. The largest absolute Gasteiger partial charge is 0.508 e. The average Bonchev–Trinajstić information content (AvgIpc) is 2.86. The van der Waals surface area contributed by atoms with Gasteiger partial charge in [-0.2, -0.15) is 5.10 Å². The van der Waals surface area contributed by atoms with Crippen LogP contribution in [-0.2, 0) is 0 Å². The minimum Gasteiger partial charge on any atom is -0.508 e. The van der Waals surface area contributed by atoms with Crippen LogP contribution in [0.5, 0.6) is 5.75 Å². The summed E-state index contributed by atoms with van der Waals surface area (Å²) < 4.78 is 1.11. The molecule has 0 saturated carbocycles. The smallest absolute Gasteiger partial charge is 0.209 e. The van der Waals surface area contributed by atoms with Crippen molar-refractivity contribution < 1.29 is 5.11 Å². The maximum atomic E-state index is 9.53. The van der Waals surface area contributed by atoms with E-state index in [9.17, 15) is 5.11 Å². The molecule has 0 spiro atoms. The number of aromatic hydroxyl groups is 1. The van der Waals surface area contributed by atoms with E-state index in [2.05, 4.69) is 22.4 Å². The summed E-state index contributed by atoms with van der Waals surface area (Å²) in [6, 6.07) is 5.30. The van der Waals surface area contributed by atoms with Gasteiger partial charge in [0.2, 0.25) is 5.96 Å². The van der Waals surface area contributed by atoms with Gasteiger partial charge in [-0.15, -0.1) is 11.3 Å². The molecule has 0 amide bonds. The first-order valence-electron chi connectivity index (χ1n) is 7.00. The van der Waals surface area contributed by atoms with Gasteiger partial charge in [-0.3, -0.25) is 4.99 Å². The molecule has 0 aliphatic rings. The number of aliphatic imine (C=N–C) groups is 1. The molecule has 0 saturated heterocycles. The van der Waals surface area contributed by atoms with Gasteiger partial charge in [0, 0.05) is 27.6 Å². The summed E-state index contributed by atoms with van der Waals surface area (Å²) in [7, 11) is 0. The molecule has 0 radical (unpaired) electrons. The number of benzene rings is 1. The van der Waals surface area contributed by atoms with Crippen LogP contribution in [-0.4, -0.2) is 23.8 Å². The first kappa shape index (κ1) is 15.3. The van der Waals surface area contributed by atoms with E-state index in [0.29, 0.717) is 5.96 Å². The maximum Gasteiger partial charge on any atom is 0.209 e. The fraction of sp³-hybridized carbons (Fsp3) is 0.333. The fourth-order valence-corrected chi connectivity index (χ4v) is 2.79. The lowest BCUT2D eigenvalue weighted by atomic mass is 10.2. The highest BCUT2D eigenvalue weighted by atomic mass is 32.1. The van der Waals surface area contributed by atoms with Crippen LogP contribution in [0.4, 0.5) is 0 Å². The summed E-state index contributed by atoms with van der Waals surface area (Å²) in [4.78, 5) is 4.19. The Labute approximate surface area is 128 Å². The molecule has 0 fully saturated rings. The van der Waals surface area contributed by atoms with Gasteiger partial charge in [0.1, 0.15) is 5.75 Å². The minimum atomic E-state index is 0.250. The number of unbranched alkanes of at least 4 members (excludes halogenated alkanes) is 2. The maximum absolute atomic E-state index is 9.53. The van der Waals surface area contributed by atoms with Crippen LogP contribution in [0.25, 0.3) is 10.1 Å². The summed E-state index contributed by atoms with van der Waals surface area (Å²) in [6.45, 7) is 2.87. The average molecular weight is 304 g/mol. The molecule has 1 aromatic heterocycles. The Balaban J connectivity index is 1.95. The van der Waals surface area contributed by atoms with Crippen LogP contribution in [0.15, 0.2) is 33.7 Å². The second-order valence-electron chi connectivity index (χ2n) is 4.72. The highest BCUT2D eigenvalue weighted by Crippen LogP contribution is 2.27. The van der Waals surface area contributed by atoms with Crippen molar-refractivity contribution in [1.29, 1.82) is 0 Å². The number of nitrogens with two attached hydrogens (primary N) is 1. The number of guanidine groups is 1. The third-order valence-electron chi connectivity index (χ3n) is 3.01. The summed E-state index contributed by atoms with van der Waals surface area (Å²) in [5.41, 5.74) is 9.38. The number of fused-ring (bicyclic) bond motifs is 1. The van der Waals surface area contributed by atoms with E-state index in [1.54, 1.807) is 29.7 Å². The van der Waals surface area contributed by atoms with Crippen molar-refractivity contribution in [3.8, 4) is 5.75 Å². The zero-order chi connectivity index (χ0) is 15.1. The molecule has 0 bridgehead atoms. The molecule has 2 rings (SSSR count). The minimum absolute atomic E-state index is 0.250. The Morgan fingerprint density at radius 2 is 2.29 bits per heavy atom. The molecular weight excluding hydrogens is 284 g/mol. The number of hydrogen-bond acceptors (Lipinski definition) is 4. The van der Waals surface area contributed by atoms with E-state index in [0.717, 1.165) is 35.0 Å². The monoisotopic (exact) mass is 304 g/mol. The van der Waals surface area contributed by atoms with Crippen LogP contribution in [0, 0.1) is 0 Å². The predicted molar refractivity (Wildman–Crippen MR) is 90.2 cm³/mol. The number of nitrogens with one attached hydrogen (secondary N) is 1. The SMILES string of the molecule is CCCCCN=C(N)N/N=C/c1csc2ccc(O)cc12. The number of thiophene rings is 1. The number of nitrogens with zero attached hydrogens (tertiary/aromatic N) is 2. The van der Waals surface area contributed by atoms with Crippen LogP contribution in [0.1, 0.15) is 31.7 Å². The first-order chi connectivity index (χ1) is 10.2. The summed E-state index contributed by atoms with van der Waals surface area (Å²) in [6.07, 6.45) is 5.05. The Bertz CT molecular complexity index is 648. The molecule has 112 valence electrons. The van der Waals surface area contributed by atoms with E-state index in [-0.39, 0.29) is 5.75 Å². The van der Waals surface area contributed by atoms with Crippen LogP contribution in [0.3, 0.4) is 0 Å². The Morgan fingerprint density at radius 3 is 3.10 bits per heavy atom. The molecule has 0 atom stereocenters. The molecule has 0 aliphatic carbocycles. The zero-order valence-electron chi connectivity index (χ0n) is 12.0. The van der Waals surface area contributed by atoms with Crippen LogP contribution >= 0.6 is 11.3 Å². The first-order valence-corrected chi connectivity index (χ1v) is 7.88. The van der Waals surface area contributed by atoms with Crippen molar-refractivity contribution in [2.75, 3.05) is 6.54 Å². The van der Waals surface area contributed by atoms with E-state index in [1.165, 1.54) is 6.42 Å². The van der Waals surface area contributed by atoms with Gasteiger partial charge in [0.15, 0.2) is 0 Å². The van der Waals surface area contributed by atoms with Gasteiger partial charge in [0.05, 0.1) is 6.21 Å². The third-order valence-corrected chi connectivity index (χ3v) is 4.00. The molecule has 5 nitrogen and oxygen atoms in total. The third kappa shape index (κ3) is 4.46. The van der Waals surface area contributed by atoms with Gasteiger partial charge in [-0.1, -0.05) is 19.8 Å². The number of phenolic OH excluding ortho intramolecular Hbond substituents is 1. The van der Waals surface area contributed by atoms with Gasteiger partial charge in [-0.05, 0) is 24.6 Å². The lowest BCUT2D eigenvalue weighted by molar-refractivity contribution is 0.476. The van der Waals surface area contributed by atoms with Crippen molar-refractivity contribution in [2.24, 2.45) is 15.8 Å². The summed E-state index contributed by atoms with van der Waals surface area (Å²) >= 11 is 1.61. The van der Waals surface area contributed by atoms with Gasteiger partial charge >= 0.3 is 0 Å². The van der Waals surface area contributed by atoms with Crippen molar-refractivity contribution in [2.45, 2.75) is 26.2 Å². The van der Waals surface area contributed by atoms with E-state index < -0.39 is 0 Å². The number of rotatable bonds is 6. The quantitative estimate of drug-likeness (QED) is 0.332. The van der Waals surface area contributed by atoms with Gasteiger partial charge < -0.3 is 10.8 Å². The molecule has 6 heteroatoms. The molecular formula is C15H20N4OS. The van der Waals surface area contributed by atoms with Crippen LogP contribution in [0.2, 0.25) is 0 Å². The Morgan fingerprint density at radius 1 is 1.43 bits per heavy atom. The van der Waals surface area contributed by atoms with Crippen LogP contribution < -0.4 is 11.2 Å². The highest BCUT2D eigenvalue weighted by Gasteiger charge is 2.02. The van der Waals surface area contributed by atoms with E-state index in [1.807, 2.05) is 11.4 Å². The molecule has 4 N–H and O–H groups in total. The predicted octanol–water partition coefficient (Wildman–Crippen LogP) is 3.04. The Kier molecular flexibility index (Phi) is 5.57. The molecule has 1 heterocycles. The molecule has 21 heavy (non-hydrogen) atoms. The number of hydrazone groups is 1. The van der Waals surface area contributed by atoms with E-state index >= 15 is 0 Å². The lowest BCUT2D eigenvalue weighted by Crippen LogP contribution is -2.27.